The fourth-order valence-electron chi connectivity index (χ4n) is 1.76. The molecule has 0 bridgehead atoms. The molecule has 0 saturated carbocycles. The molecule has 8 heteroatoms. The van der Waals surface area contributed by atoms with Gasteiger partial charge in [0.2, 0.25) is 0 Å². The van der Waals surface area contributed by atoms with Crippen molar-refractivity contribution in [3.8, 4) is 0 Å². The maximum atomic E-state index is 12.0. The Bertz CT molecular complexity index is 674. The molecule has 0 saturated heterocycles. The zero-order valence-corrected chi connectivity index (χ0v) is 10.9. The lowest BCUT2D eigenvalue weighted by atomic mass is 10.2. The SMILES string of the molecule is NNc1ncccc1C(=O)NCc1cccc([N+](=O)[O-])c1. The van der Waals surface area contributed by atoms with E-state index in [-0.39, 0.29) is 24.0 Å². The lowest BCUT2D eigenvalue weighted by Crippen LogP contribution is -2.25. The zero-order chi connectivity index (χ0) is 15.2. The Morgan fingerprint density at radius 2 is 2.14 bits per heavy atom. The summed E-state index contributed by atoms with van der Waals surface area (Å²) in [6.45, 7) is 0.166. The third-order valence-corrected chi connectivity index (χ3v) is 2.76. The van der Waals surface area contributed by atoms with Gasteiger partial charge < -0.3 is 10.7 Å². The lowest BCUT2D eigenvalue weighted by Gasteiger charge is -2.08. The van der Waals surface area contributed by atoms with Gasteiger partial charge in [0.15, 0.2) is 5.82 Å². The molecule has 1 aromatic carbocycles. The number of nitrogens with one attached hydrogen (secondary N) is 2. The quantitative estimate of drug-likeness (QED) is 0.431. The number of nitrogens with zero attached hydrogens (tertiary/aromatic N) is 2. The van der Waals surface area contributed by atoms with Gasteiger partial charge in [-0.1, -0.05) is 12.1 Å². The molecule has 0 unspecified atom stereocenters. The van der Waals surface area contributed by atoms with Crippen molar-refractivity contribution in [3.63, 3.8) is 0 Å². The highest BCUT2D eigenvalue weighted by atomic mass is 16.6. The Labute approximate surface area is 120 Å². The number of carbonyl (C=O) groups excluding carboxylic acids is 1. The molecule has 0 radical (unpaired) electrons. The Kier molecular flexibility index (Phi) is 4.42. The van der Waals surface area contributed by atoms with Gasteiger partial charge in [0.05, 0.1) is 10.5 Å². The maximum Gasteiger partial charge on any atom is 0.269 e. The second kappa shape index (κ2) is 6.44. The van der Waals surface area contributed by atoms with Crippen LogP contribution in [0.25, 0.3) is 0 Å². The van der Waals surface area contributed by atoms with Crippen molar-refractivity contribution in [1.82, 2.24) is 10.3 Å². The van der Waals surface area contributed by atoms with Crippen LogP contribution in [0.5, 0.6) is 0 Å². The van der Waals surface area contributed by atoms with Crippen LogP contribution in [-0.4, -0.2) is 15.8 Å². The van der Waals surface area contributed by atoms with E-state index < -0.39 is 4.92 Å². The van der Waals surface area contributed by atoms with Crippen molar-refractivity contribution < 1.29 is 9.72 Å². The Hall–Kier alpha value is -3.00. The minimum absolute atomic E-state index is 0.0209. The largest absolute Gasteiger partial charge is 0.348 e. The minimum Gasteiger partial charge on any atom is -0.348 e. The van der Waals surface area contributed by atoms with Crippen molar-refractivity contribution in [3.05, 3.63) is 63.8 Å². The fraction of sp³-hybridized carbons (Fsp3) is 0.0769. The molecule has 21 heavy (non-hydrogen) atoms. The highest BCUT2D eigenvalue weighted by Gasteiger charge is 2.12. The van der Waals surface area contributed by atoms with E-state index in [1.54, 1.807) is 24.3 Å². The molecule has 0 atom stereocenters. The first-order chi connectivity index (χ1) is 10.1. The second-order valence-electron chi connectivity index (χ2n) is 4.15. The van der Waals surface area contributed by atoms with E-state index in [1.165, 1.54) is 18.3 Å². The number of amides is 1. The van der Waals surface area contributed by atoms with E-state index in [9.17, 15) is 14.9 Å². The molecule has 0 spiro atoms. The summed E-state index contributed by atoms with van der Waals surface area (Å²) in [5, 5.41) is 13.3. The number of hydrogen-bond donors (Lipinski definition) is 3. The highest BCUT2D eigenvalue weighted by molar-refractivity contribution is 5.98. The molecule has 1 heterocycles. The first kappa shape index (κ1) is 14.4. The third kappa shape index (κ3) is 3.51. The number of aromatic nitrogens is 1. The van der Waals surface area contributed by atoms with Crippen LogP contribution in [0.3, 0.4) is 0 Å². The number of rotatable bonds is 5. The number of nitrogen functional groups attached to an aromatic ring is 1. The highest BCUT2D eigenvalue weighted by Crippen LogP contribution is 2.14. The summed E-state index contributed by atoms with van der Waals surface area (Å²) in [5.74, 6) is 5.17. The number of hydrazine groups is 1. The zero-order valence-electron chi connectivity index (χ0n) is 10.9. The molecule has 8 nitrogen and oxygen atoms in total. The summed E-state index contributed by atoms with van der Waals surface area (Å²) in [5.41, 5.74) is 3.24. The van der Waals surface area contributed by atoms with Gasteiger partial charge in [-0.25, -0.2) is 10.8 Å². The first-order valence-corrected chi connectivity index (χ1v) is 6.05. The summed E-state index contributed by atoms with van der Waals surface area (Å²) < 4.78 is 0. The molecule has 0 aliphatic rings. The van der Waals surface area contributed by atoms with Crippen LogP contribution in [0.1, 0.15) is 15.9 Å². The lowest BCUT2D eigenvalue weighted by molar-refractivity contribution is -0.384. The van der Waals surface area contributed by atoms with Gasteiger partial charge >= 0.3 is 0 Å². The van der Waals surface area contributed by atoms with Crippen LogP contribution in [0.15, 0.2) is 42.6 Å². The molecule has 1 amide bonds. The van der Waals surface area contributed by atoms with E-state index in [4.69, 9.17) is 5.84 Å². The van der Waals surface area contributed by atoms with Crippen molar-refractivity contribution >= 4 is 17.4 Å². The molecule has 0 aliphatic carbocycles. The van der Waals surface area contributed by atoms with Gasteiger partial charge in [0.25, 0.3) is 11.6 Å². The molecule has 1 aromatic heterocycles. The number of pyridine rings is 1. The fourth-order valence-corrected chi connectivity index (χ4v) is 1.76. The number of nitro groups is 1. The number of benzene rings is 1. The molecule has 0 aliphatic heterocycles. The van der Waals surface area contributed by atoms with Gasteiger partial charge in [-0.15, -0.1) is 0 Å². The van der Waals surface area contributed by atoms with Gasteiger partial charge in [-0.2, -0.15) is 0 Å². The summed E-state index contributed by atoms with van der Waals surface area (Å²) in [6.07, 6.45) is 1.51. The predicted octanol–water partition coefficient (Wildman–Crippen LogP) is 1.21. The Morgan fingerprint density at radius 3 is 2.86 bits per heavy atom. The standard InChI is InChI=1S/C13H13N5O3/c14-17-12-11(5-2-6-15-12)13(19)16-8-9-3-1-4-10(7-9)18(20)21/h1-7H,8,14H2,(H,15,17)(H,16,19). The van der Waals surface area contributed by atoms with Crippen molar-refractivity contribution in [1.29, 1.82) is 0 Å². The van der Waals surface area contributed by atoms with Crippen LogP contribution < -0.4 is 16.6 Å². The minimum atomic E-state index is -0.483. The van der Waals surface area contributed by atoms with Crippen LogP contribution in [0.2, 0.25) is 0 Å². The Balaban J connectivity index is 2.07. The third-order valence-electron chi connectivity index (χ3n) is 2.76. The van der Waals surface area contributed by atoms with E-state index in [1.807, 2.05) is 0 Å². The Morgan fingerprint density at radius 1 is 1.33 bits per heavy atom. The van der Waals surface area contributed by atoms with Gasteiger partial charge in [0.1, 0.15) is 0 Å². The number of non-ortho nitro benzene ring substituents is 1. The molecule has 2 rings (SSSR count). The van der Waals surface area contributed by atoms with Crippen molar-refractivity contribution in [2.45, 2.75) is 6.54 Å². The summed E-state index contributed by atoms with van der Waals surface area (Å²) >= 11 is 0. The van der Waals surface area contributed by atoms with E-state index in [0.717, 1.165) is 0 Å². The van der Waals surface area contributed by atoms with Gasteiger partial charge in [-0.05, 0) is 17.7 Å². The summed E-state index contributed by atoms with van der Waals surface area (Å²) in [4.78, 5) is 26.2. The smallest absolute Gasteiger partial charge is 0.269 e. The van der Waals surface area contributed by atoms with Gasteiger partial charge in [-0.3, -0.25) is 14.9 Å². The average molecular weight is 287 g/mol. The second-order valence-corrected chi connectivity index (χ2v) is 4.15. The summed E-state index contributed by atoms with van der Waals surface area (Å²) in [6, 6.07) is 9.25. The molecule has 108 valence electrons. The number of carbonyl (C=O) groups is 1. The maximum absolute atomic E-state index is 12.0. The monoisotopic (exact) mass is 287 g/mol. The van der Waals surface area contributed by atoms with E-state index in [0.29, 0.717) is 11.1 Å². The number of hydrogen-bond acceptors (Lipinski definition) is 6. The summed E-state index contributed by atoms with van der Waals surface area (Å²) in [7, 11) is 0. The number of nitrogens with two attached hydrogens (primary N) is 1. The van der Waals surface area contributed by atoms with Crippen LogP contribution >= 0.6 is 0 Å². The van der Waals surface area contributed by atoms with Crippen LogP contribution in [0.4, 0.5) is 11.5 Å². The number of anilines is 1. The topological polar surface area (TPSA) is 123 Å². The predicted molar refractivity (Wildman–Crippen MR) is 76.3 cm³/mol. The average Bonchev–Trinajstić information content (AvgIpc) is 2.52. The first-order valence-electron chi connectivity index (χ1n) is 6.05. The molecule has 4 N–H and O–H groups in total. The normalized spacial score (nSPS) is 9.95. The van der Waals surface area contributed by atoms with Crippen molar-refractivity contribution in [2.75, 3.05) is 5.43 Å². The van der Waals surface area contributed by atoms with Crippen LogP contribution in [-0.2, 0) is 6.54 Å². The molecule has 2 aromatic rings. The molecular weight excluding hydrogens is 274 g/mol. The molecular formula is C13H13N5O3. The van der Waals surface area contributed by atoms with E-state index in [2.05, 4.69) is 15.7 Å². The van der Waals surface area contributed by atoms with E-state index >= 15 is 0 Å². The van der Waals surface area contributed by atoms with Crippen LogP contribution in [0, 0.1) is 10.1 Å². The molecule has 0 fully saturated rings. The van der Waals surface area contributed by atoms with Gasteiger partial charge in [0, 0.05) is 24.9 Å². The van der Waals surface area contributed by atoms with Crippen molar-refractivity contribution in [2.24, 2.45) is 5.84 Å². The number of nitro benzene ring substituents is 1.